The minimum atomic E-state index is -1.28. The van der Waals surface area contributed by atoms with E-state index in [0.717, 1.165) is 11.1 Å². The van der Waals surface area contributed by atoms with E-state index < -0.39 is 42.3 Å². The van der Waals surface area contributed by atoms with Crippen molar-refractivity contribution in [2.45, 2.75) is 70.6 Å². The molecule has 0 spiro atoms. The maximum atomic E-state index is 13.2. The summed E-state index contributed by atoms with van der Waals surface area (Å²) in [5.41, 5.74) is 7.26. The van der Waals surface area contributed by atoms with E-state index in [4.69, 9.17) is 15.2 Å². The number of ether oxygens (including phenoxy) is 2. The first kappa shape index (κ1) is 29.8. The molecule has 10 heteroatoms. The smallest absolute Gasteiger partial charge is 0.308 e. The first-order valence-corrected chi connectivity index (χ1v) is 13.2. The Labute approximate surface area is 229 Å². The minimum Gasteiger partial charge on any atom is -0.461 e. The van der Waals surface area contributed by atoms with Crippen LogP contribution in [0.1, 0.15) is 44.2 Å². The number of hydrogen-bond acceptors (Lipinski definition) is 7. The molecule has 0 aromatic heterocycles. The van der Waals surface area contributed by atoms with Crippen LogP contribution in [0.3, 0.4) is 0 Å². The van der Waals surface area contributed by atoms with E-state index in [1.165, 1.54) is 0 Å². The fraction of sp³-hybridized carbons (Fsp3) is 0.448. The van der Waals surface area contributed by atoms with Gasteiger partial charge in [-0.2, -0.15) is 0 Å². The Kier molecular flexibility index (Phi) is 11.4. The Bertz CT molecular complexity index is 1100. The lowest BCUT2D eigenvalue weighted by molar-refractivity contribution is -0.147. The fourth-order valence-electron chi connectivity index (χ4n) is 4.32. The van der Waals surface area contributed by atoms with Gasteiger partial charge in [-0.15, -0.1) is 0 Å². The first-order chi connectivity index (χ1) is 18.7. The van der Waals surface area contributed by atoms with Crippen LogP contribution in [0.25, 0.3) is 0 Å². The van der Waals surface area contributed by atoms with Gasteiger partial charge in [0.2, 0.25) is 17.7 Å². The molecule has 1 heterocycles. The Morgan fingerprint density at radius 2 is 1.54 bits per heavy atom. The largest absolute Gasteiger partial charge is 0.461 e. The summed E-state index contributed by atoms with van der Waals surface area (Å²) in [5.74, 6) is -2.46. The van der Waals surface area contributed by atoms with Crippen molar-refractivity contribution >= 4 is 23.7 Å². The average Bonchev–Trinajstić information content (AvgIpc) is 3.39. The van der Waals surface area contributed by atoms with Crippen LogP contribution in [0.15, 0.2) is 60.7 Å². The molecule has 1 aliphatic rings. The van der Waals surface area contributed by atoms with Crippen LogP contribution < -0.4 is 21.7 Å². The molecule has 0 saturated carbocycles. The molecule has 3 rings (SSSR count). The number of hydrogen-bond donors (Lipinski definition) is 4. The second kappa shape index (κ2) is 15.0. The van der Waals surface area contributed by atoms with Gasteiger partial charge in [0.1, 0.15) is 24.7 Å². The van der Waals surface area contributed by atoms with Crippen LogP contribution >= 0.6 is 0 Å². The summed E-state index contributed by atoms with van der Waals surface area (Å²) in [5, 5.41) is 8.47. The van der Waals surface area contributed by atoms with E-state index in [1.807, 2.05) is 62.4 Å². The van der Waals surface area contributed by atoms with Crippen molar-refractivity contribution in [3.05, 3.63) is 71.8 Å². The predicted molar refractivity (Wildman–Crippen MR) is 145 cm³/mol. The molecule has 0 radical (unpaired) electrons. The van der Waals surface area contributed by atoms with Gasteiger partial charge in [-0.05, 0) is 36.4 Å². The number of esters is 1. The fourth-order valence-corrected chi connectivity index (χ4v) is 4.32. The maximum Gasteiger partial charge on any atom is 0.308 e. The summed E-state index contributed by atoms with van der Waals surface area (Å²) in [7, 11) is 0. The van der Waals surface area contributed by atoms with Gasteiger partial charge in [0.15, 0.2) is 0 Å². The lowest BCUT2D eigenvalue weighted by Gasteiger charge is -2.26. The Morgan fingerprint density at radius 3 is 2.13 bits per heavy atom. The zero-order chi connectivity index (χ0) is 28.2. The summed E-state index contributed by atoms with van der Waals surface area (Å²) >= 11 is 0. The van der Waals surface area contributed by atoms with Crippen LogP contribution in [0, 0.1) is 5.92 Å². The van der Waals surface area contributed by atoms with Gasteiger partial charge < -0.3 is 31.2 Å². The molecule has 210 valence electrons. The van der Waals surface area contributed by atoms with Crippen molar-refractivity contribution in [2.24, 2.45) is 11.7 Å². The van der Waals surface area contributed by atoms with E-state index in [9.17, 15) is 19.2 Å². The van der Waals surface area contributed by atoms with Gasteiger partial charge in [0.25, 0.3) is 0 Å². The van der Waals surface area contributed by atoms with Gasteiger partial charge in [-0.1, -0.05) is 74.5 Å². The Hall–Kier alpha value is -3.76. The van der Waals surface area contributed by atoms with Crippen molar-refractivity contribution in [1.29, 1.82) is 0 Å². The van der Waals surface area contributed by atoms with E-state index >= 15 is 0 Å². The van der Waals surface area contributed by atoms with E-state index in [1.54, 1.807) is 12.1 Å². The molecule has 1 fully saturated rings. The van der Waals surface area contributed by atoms with E-state index in [-0.39, 0.29) is 24.5 Å². The highest BCUT2D eigenvalue weighted by molar-refractivity contribution is 5.94. The normalized spacial score (nSPS) is 18.2. The standard InChI is InChI=1S/C29H38N4O6/c1-19(2)15-23(33-29(37)26-24(13-14-31-26)38-17-20-9-5-3-6-10-20)28(36)32-22(27(30)35)16-25(34)39-18-21-11-7-4-8-12-21/h3-12,19,22-24,26,31H,13-18H2,1-2H3,(H2,30,35)(H,32,36)(H,33,37)/t22-,23-,24?,26+/m1/s1. The lowest BCUT2D eigenvalue weighted by Crippen LogP contribution is -2.57. The molecule has 2 aromatic rings. The number of rotatable bonds is 14. The van der Waals surface area contributed by atoms with Gasteiger partial charge in [0.05, 0.1) is 19.1 Å². The SMILES string of the molecule is CC(C)C[C@@H](NC(=O)[C@H]1NCCC1OCc1ccccc1)C(=O)N[C@H](CC(=O)OCc1ccccc1)C(N)=O. The van der Waals surface area contributed by atoms with Crippen molar-refractivity contribution in [1.82, 2.24) is 16.0 Å². The van der Waals surface area contributed by atoms with Gasteiger partial charge >= 0.3 is 5.97 Å². The number of carbonyl (C=O) groups excluding carboxylic acids is 4. The van der Waals surface area contributed by atoms with Crippen molar-refractivity contribution < 1.29 is 28.7 Å². The van der Waals surface area contributed by atoms with Crippen molar-refractivity contribution in [3.8, 4) is 0 Å². The third-order valence-corrected chi connectivity index (χ3v) is 6.37. The molecule has 1 saturated heterocycles. The second-order valence-corrected chi connectivity index (χ2v) is 10.1. The number of amides is 3. The van der Waals surface area contributed by atoms with Crippen LogP contribution in [0.2, 0.25) is 0 Å². The molecule has 10 nitrogen and oxygen atoms in total. The second-order valence-electron chi connectivity index (χ2n) is 10.1. The predicted octanol–water partition coefficient (Wildman–Crippen LogP) is 1.57. The zero-order valence-corrected chi connectivity index (χ0v) is 22.4. The molecule has 1 aliphatic heterocycles. The highest BCUT2D eigenvalue weighted by Crippen LogP contribution is 2.16. The van der Waals surface area contributed by atoms with Gasteiger partial charge in [-0.3, -0.25) is 19.2 Å². The van der Waals surface area contributed by atoms with E-state index in [2.05, 4.69) is 16.0 Å². The minimum absolute atomic E-state index is 0.0348. The molecule has 0 bridgehead atoms. The lowest BCUT2D eigenvalue weighted by atomic mass is 10.0. The third-order valence-electron chi connectivity index (χ3n) is 6.37. The molecule has 4 atom stereocenters. The van der Waals surface area contributed by atoms with Crippen molar-refractivity contribution in [3.63, 3.8) is 0 Å². The number of nitrogens with one attached hydrogen (secondary N) is 3. The molecule has 5 N–H and O–H groups in total. The molecule has 1 unspecified atom stereocenters. The molecule has 2 aromatic carbocycles. The Morgan fingerprint density at radius 1 is 0.923 bits per heavy atom. The Balaban J connectivity index is 1.57. The van der Waals surface area contributed by atoms with Crippen LogP contribution in [-0.2, 0) is 41.9 Å². The number of benzene rings is 2. The van der Waals surface area contributed by atoms with E-state index in [0.29, 0.717) is 26.0 Å². The zero-order valence-electron chi connectivity index (χ0n) is 22.4. The van der Waals surface area contributed by atoms with Crippen LogP contribution in [-0.4, -0.2) is 54.5 Å². The highest BCUT2D eigenvalue weighted by atomic mass is 16.5. The summed E-state index contributed by atoms with van der Waals surface area (Å²) in [4.78, 5) is 50.7. The summed E-state index contributed by atoms with van der Waals surface area (Å²) in [6.07, 6.45) is 0.200. The number of carbonyl (C=O) groups is 4. The maximum absolute atomic E-state index is 13.2. The quantitative estimate of drug-likeness (QED) is 0.267. The third kappa shape index (κ3) is 9.81. The molecule has 3 amide bonds. The number of nitrogens with two attached hydrogens (primary N) is 1. The summed E-state index contributed by atoms with van der Waals surface area (Å²) in [6.45, 7) is 4.84. The summed E-state index contributed by atoms with van der Waals surface area (Å²) < 4.78 is 11.2. The molecular weight excluding hydrogens is 500 g/mol. The highest BCUT2D eigenvalue weighted by Gasteiger charge is 2.36. The summed E-state index contributed by atoms with van der Waals surface area (Å²) in [6, 6.07) is 15.9. The molecule has 0 aliphatic carbocycles. The van der Waals surface area contributed by atoms with Gasteiger partial charge in [-0.25, -0.2) is 0 Å². The van der Waals surface area contributed by atoms with Gasteiger partial charge in [0, 0.05) is 0 Å². The molecular formula is C29H38N4O6. The number of primary amides is 1. The topological polar surface area (TPSA) is 149 Å². The average molecular weight is 539 g/mol. The van der Waals surface area contributed by atoms with Crippen LogP contribution in [0.4, 0.5) is 0 Å². The molecule has 39 heavy (non-hydrogen) atoms. The van der Waals surface area contributed by atoms with Crippen LogP contribution in [0.5, 0.6) is 0 Å². The first-order valence-electron chi connectivity index (χ1n) is 13.2. The van der Waals surface area contributed by atoms with Crippen molar-refractivity contribution in [2.75, 3.05) is 6.54 Å². The monoisotopic (exact) mass is 538 g/mol.